The molecule has 0 bridgehead atoms. The summed E-state index contributed by atoms with van der Waals surface area (Å²) in [7, 11) is 0. The van der Waals surface area contributed by atoms with E-state index >= 15 is 0 Å². The van der Waals surface area contributed by atoms with E-state index in [0.29, 0.717) is 0 Å². The summed E-state index contributed by atoms with van der Waals surface area (Å²) in [5, 5.41) is 7.33. The van der Waals surface area contributed by atoms with E-state index in [9.17, 15) is 0 Å². The Morgan fingerprint density at radius 1 is 0.256 bits per heavy atom. The van der Waals surface area contributed by atoms with Crippen LogP contribution >= 0.6 is 45.3 Å². The average Bonchev–Trinajstić information content (AvgIpc) is 1.28. The second-order valence-electron chi connectivity index (χ2n) is 23.4. The Hall–Kier alpha value is -10.3. The zero-order valence-electron chi connectivity index (χ0n) is 48.4. The van der Waals surface area contributed by atoms with Gasteiger partial charge in [0.25, 0.3) is 0 Å². The monoisotopic (exact) mass is 1220 g/mol. The Kier molecular flexibility index (Phi) is 11.5. The van der Waals surface area contributed by atoms with Crippen LogP contribution in [0.25, 0.3) is 40.3 Å². The number of hydrogen-bond donors (Lipinski definition) is 0. The minimum Gasteiger partial charge on any atom is -0.310 e. The van der Waals surface area contributed by atoms with Crippen molar-refractivity contribution in [3.05, 3.63) is 359 Å². The van der Waals surface area contributed by atoms with Crippen molar-refractivity contribution in [3.8, 4) is 0 Å². The fraction of sp³-hybridized carbons (Fsp3) is 0.0244. The summed E-state index contributed by atoms with van der Waals surface area (Å²) >= 11 is 7.67. The van der Waals surface area contributed by atoms with Gasteiger partial charge in [-0.15, -0.1) is 45.3 Å². The van der Waals surface area contributed by atoms with Gasteiger partial charge in [0.05, 0.1) is 45.0 Å². The van der Waals surface area contributed by atoms with Gasteiger partial charge in [-0.1, -0.05) is 194 Å². The third-order valence-electron chi connectivity index (χ3n) is 18.9. The zero-order valence-corrected chi connectivity index (χ0v) is 51.7. The quantitative estimate of drug-likeness (QED) is 0.150. The lowest BCUT2D eigenvalue weighted by Crippen LogP contribution is -2.47. The molecule has 424 valence electrons. The minimum absolute atomic E-state index is 0.876. The number of nitrogens with zero attached hydrogens (tertiary/aromatic N) is 4. The lowest BCUT2D eigenvalue weighted by atomic mass is 9.53. The van der Waals surface area contributed by atoms with Crippen LogP contribution in [0, 0.1) is 0 Å². The van der Waals surface area contributed by atoms with E-state index in [0.717, 1.165) is 66.9 Å². The van der Waals surface area contributed by atoms with Gasteiger partial charge in [0.2, 0.25) is 0 Å². The third kappa shape index (κ3) is 7.21. The second-order valence-corrected chi connectivity index (χ2v) is 27.6. The molecule has 2 aliphatic heterocycles. The zero-order chi connectivity index (χ0) is 59.1. The maximum absolute atomic E-state index is 2.64. The Bertz CT molecular complexity index is 5010. The molecule has 0 fully saturated rings. The van der Waals surface area contributed by atoms with Crippen LogP contribution in [0.2, 0.25) is 0 Å². The molecule has 3 aliphatic rings. The predicted octanol–water partition coefficient (Wildman–Crippen LogP) is 24.1. The number of thiophene rings is 4. The van der Waals surface area contributed by atoms with Crippen LogP contribution in [0.15, 0.2) is 315 Å². The first-order chi connectivity index (χ1) is 44.7. The van der Waals surface area contributed by atoms with Gasteiger partial charge < -0.3 is 19.6 Å². The lowest BCUT2D eigenvalue weighted by Gasteiger charge is -2.53. The number of hydrogen-bond acceptors (Lipinski definition) is 8. The Balaban J connectivity index is 1.01. The van der Waals surface area contributed by atoms with E-state index in [2.05, 4.69) is 335 Å². The van der Waals surface area contributed by atoms with Crippen molar-refractivity contribution in [3.63, 3.8) is 0 Å². The first-order valence-corrected chi connectivity index (χ1v) is 33.8. The SMILES string of the molecule is c1ccc(N2c3ccccc3C3(c4ccccc42)c2cc(N(c4ccccc4)c4cccc5sc6ccccc6c45)sc2C2(c4ccccc4N(c4ccccc4)c4ccccc42)c2cc(N(c4ccccc4)c4cccc5sc6ccccc6c45)sc23)cc1. The molecule has 2 spiro atoms. The molecule has 0 amide bonds. The van der Waals surface area contributed by atoms with Crippen molar-refractivity contribution in [1.29, 1.82) is 0 Å². The van der Waals surface area contributed by atoms with Gasteiger partial charge in [-0.25, -0.2) is 0 Å². The van der Waals surface area contributed by atoms with Gasteiger partial charge in [0, 0.05) is 72.8 Å². The molecular weight excluding hydrogens is 1170 g/mol. The standard InChI is InChI=1S/C82H52N4S4/c1-5-27-53(28-6-1)83-65-41-19-15-37-59(65)81(60-38-16-20-42-66(60)83)63-51-75(85(55-31-9-3-10-32-55)69-45-25-49-73-77(69)57-35-13-23-47-71(57)87-73)90-80(63)82(61-39-17-21-43-67(61)84(54-29-7-2-8-30-54)68-44-22-18-40-62(68)82)64-52-76(89-79(64)81)86(56-33-11-4-12-34-56)70-46-26-50-74-78(70)58-36-14-24-48-72(58)88-74/h1-52H. The molecule has 1 aliphatic carbocycles. The Labute approximate surface area is 537 Å². The number of anilines is 12. The van der Waals surface area contributed by atoms with Gasteiger partial charge >= 0.3 is 0 Å². The molecule has 12 aromatic carbocycles. The number of fused-ring (bicyclic) bond motifs is 20. The third-order valence-corrected chi connectivity index (χ3v) is 23.6. The van der Waals surface area contributed by atoms with E-state index in [1.165, 1.54) is 83.5 Å². The highest BCUT2D eigenvalue weighted by molar-refractivity contribution is 7.26. The lowest BCUT2D eigenvalue weighted by molar-refractivity contribution is 0.634. The van der Waals surface area contributed by atoms with Gasteiger partial charge in [-0.2, -0.15) is 0 Å². The molecule has 90 heavy (non-hydrogen) atoms. The van der Waals surface area contributed by atoms with Gasteiger partial charge in [-0.3, -0.25) is 0 Å². The molecule has 8 heteroatoms. The van der Waals surface area contributed by atoms with Gasteiger partial charge in [0.15, 0.2) is 0 Å². The van der Waals surface area contributed by atoms with E-state index in [4.69, 9.17) is 0 Å². The van der Waals surface area contributed by atoms with E-state index < -0.39 is 10.8 Å². The highest BCUT2D eigenvalue weighted by Crippen LogP contribution is 2.72. The average molecular weight is 1220 g/mol. The van der Waals surface area contributed by atoms with Crippen LogP contribution in [0.3, 0.4) is 0 Å². The number of rotatable bonds is 8. The van der Waals surface area contributed by atoms with Crippen molar-refractivity contribution in [2.75, 3.05) is 19.6 Å². The summed E-state index contributed by atoms with van der Waals surface area (Å²) < 4.78 is 5.09. The Morgan fingerprint density at radius 3 is 0.944 bits per heavy atom. The molecule has 0 saturated heterocycles. The highest BCUT2D eigenvalue weighted by Gasteiger charge is 2.62. The molecule has 0 N–H and O–H groups in total. The summed E-state index contributed by atoms with van der Waals surface area (Å²) in [5.41, 5.74) is 17.1. The largest absolute Gasteiger partial charge is 0.310 e. The smallest absolute Gasteiger partial charge is 0.101 e. The maximum atomic E-state index is 2.64. The predicted molar refractivity (Wildman–Crippen MR) is 384 cm³/mol. The van der Waals surface area contributed by atoms with Crippen molar-refractivity contribution >= 4 is 153 Å². The molecule has 19 rings (SSSR count). The summed E-state index contributed by atoms with van der Waals surface area (Å²) in [4.78, 5) is 12.8. The molecule has 0 unspecified atom stereocenters. The first kappa shape index (κ1) is 51.7. The van der Waals surface area contributed by atoms with E-state index in [1.807, 2.05) is 45.3 Å². The fourth-order valence-corrected chi connectivity index (χ4v) is 20.6. The molecule has 0 saturated carbocycles. The molecule has 4 aromatic heterocycles. The van der Waals surface area contributed by atoms with Crippen molar-refractivity contribution < 1.29 is 0 Å². The van der Waals surface area contributed by atoms with Gasteiger partial charge in [-0.05, 0) is 155 Å². The van der Waals surface area contributed by atoms with Gasteiger partial charge in [0.1, 0.15) is 10.0 Å². The first-order valence-electron chi connectivity index (χ1n) is 30.6. The van der Waals surface area contributed by atoms with Crippen LogP contribution < -0.4 is 19.6 Å². The van der Waals surface area contributed by atoms with Crippen molar-refractivity contribution in [2.24, 2.45) is 0 Å². The second kappa shape index (κ2) is 20.1. The van der Waals surface area contributed by atoms with Crippen LogP contribution in [0.4, 0.5) is 66.9 Å². The molecule has 6 heterocycles. The van der Waals surface area contributed by atoms with Crippen molar-refractivity contribution in [2.45, 2.75) is 10.8 Å². The molecular formula is C82H52N4S4. The highest BCUT2D eigenvalue weighted by atomic mass is 32.1. The normalized spacial score (nSPS) is 13.9. The Morgan fingerprint density at radius 2 is 0.567 bits per heavy atom. The van der Waals surface area contributed by atoms with Crippen LogP contribution in [-0.2, 0) is 10.8 Å². The molecule has 4 nitrogen and oxygen atoms in total. The molecule has 0 atom stereocenters. The van der Waals surface area contributed by atoms with E-state index in [1.54, 1.807) is 0 Å². The van der Waals surface area contributed by atoms with Crippen LogP contribution in [-0.4, -0.2) is 0 Å². The van der Waals surface area contributed by atoms with Crippen LogP contribution in [0.1, 0.15) is 43.1 Å². The number of benzene rings is 12. The molecule has 0 radical (unpaired) electrons. The van der Waals surface area contributed by atoms with Crippen molar-refractivity contribution in [1.82, 2.24) is 0 Å². The van der Waals surface area contributed by atoms with E-state index in [-0.39, 0.29) is 0 Å². The number of para-hydroxylation sites is 8. The topological polar surface area (TPSA) is 13.0 Å². The summed E-state index contributed by atoms with van der Waals surface area (Å²) in [6.07, 6.45) is 0. The fourth-order valence-electron chi connectivity index (χ4n) is 15.4. The summed E-state index contributed by atoms with van der Waals surface area (Å²) in [6.45, 7) is 0. The molecule has 16 aromatic rings. The minimum atomic E-state index is -0.876. The summed E-state index contributed by atoms with van der Waals surface area (Å²) in [6, 6.07) is 119. The van der Waals surface area contributed by atoms with Crippen LogP contribution in [0.5, 0.6) is 0 Å². The summed E-state index contributed by atoms with van der Waals surface area (Å²) in [5.74, 6) is 0. The maximum Gasteiger partial charge on any atom is 0.101 e.